The molecule has 0 spiro atoms. The van der Waals surface area contributed by atoms with Gasteiger partial charge >= 0.3 is 6.18 Å². The van der Waals surface area contributed by atoms with Crippen LogP contribution in [0.3, 0.4) is 0 Å². The van der Waals surface area contributed by atoms with E-state index in [0.29, 0.717) is 5.39 Å². The van der Waals surface area contributed by atoms with Crippen molar-refractivity contribution in [3.63, 3.8) is 0 Å². The molecule has 0 fully saturated rings. The third-order valence-corrected chi connectivity index (χ3v) is 18.0. The number of halogens is 3. The zero-order valence-electron chi connectivity index (χ0n) is 44.9. The molecule has 0 aliphatic rings. The van der Waals surface area contributed by atoms with Crippen LogP contribution < -0.4 is 0 Å². The largest absolute Gasteiger partial charge is 0.416 e. The first kappa shape index (κ1) is 54.3. The van der Waals surface area contributed by atoms with Crippen LogP contribution in [-0.4, -0.2) is 0 Å². The van der Waals surface area contributed by atoms with E-state index >= 15 is 0 Å². The Balaban J connectivity index is 0.000000247. The Bertz CT molecular complexity index is 3300. The van der Waals surface area contributed by atoms with E-state index in [2.05, 4.69) is 105 Å². The molecule has 2 heterocycles. The van der Waals surface area contributed by atoms with Crippen LogP contribution >= 0.6 is 22.7 Å². The smallest absolute Gasteiger partial charge is 0.166 e. The molecular weight excluding hydrogens is 962 g/mol. The summed E-state index contributed by atoms with van der Waals surface area (Å²) < 4.78 is 39.1. The van der Waals surface area contributed by atoms with E-state index in [1.54, 1.807) is 0 Å². The Kier molecular flexibility index (Phi) is 19.2. The molecule has 0 bridgehead atoms. The van der Waals surface area contributed by atoms with Crippen molar-refractivity contribution < 1.29 is 13.2 Å². The summed E-state index contributed by atoms with van der Waals surface area (Å²) in [6.07, 6.45) is 26.1. The summed E-state index contributed by atoms with van der Waals surface area (Å²) in [5.74, 6) is 0. The summed E-state index contributed by atoms with van der Waals surface area (Å²) in [4.78, 5) is 5.86. The van der Waals surface area contributed by atoms with Crippen molar-refractivity contribution in [1.82, 2.24) is 0 Å². The Morgan fingerprint density at radius 2 is 0.653 bits per heavy atom. The topological polar surface area (TPSA) is 0 Å². The van der Waals surface area contributed by atoms with Gasteiger partial charge in [0, 0.05) is 19.5 Å². The zero-order chi connectivity index (χ0) is 52.0. The maximum atomic E-state index is 13.0. The molecule has 2 aromatic heterocycles. The highest BCUT2D eigenvalue weighted by atomic mass is 32.1. The molecule has 0 N–H and O–H groups in total. The monoisotopic (exact) mass is 1040 g/mol. The van der Waals surface area contributed by atoms with Crippen LogP contribution in [0.1, 0.15) is 163 Å². The Morgan fingerprint density at radius 3 is 1.05 bits per heavy atom. The van der Waals surface area contributed by atoms with Gasteiger partial charge in [0.1, 0.15) is 0 Å². The number of alkyl halides is 3. The first-order valence-electron chi connectivity index (χ1n) is 28.7. The van der Waals surface area contributed by atoms with Gasteiger partial charge in [-0.2, -0.15) is 13.2 Å². The summed E-state index contributed by atoms with van der Waals surface area (Å²) in [7, 11) is 0. The molecule has 390 valence electrons. The van der Waals surface area contributed by atoms with Gasteiger partial charge in [-0.05, 0) is 157 Å². The molecule has 0 nitrogen and oxygen atoms in total. The van der Waals surface area contributed by atoms with Gasteiger partial charge in [-0.3, -0.25) is 0 Å². The Morgan fingerprint density at radius 1 is 0.320 bits per heavy atom. The molecular formula is C70H77F3S2. The maximum absolute atomic E-state index is 13.0. The first-order chi connectivity index (χ1) is 36.7. The van der Waals surface area contributed by atoms with Crippen LogP contribution in [0, 0.1) is 6.92 Å². The van der Waals surface area contributed by atoms with Gasteiger partial charge in [-0.15, -0.1) is 22.7 Å². The lowest BCUT2D eigenvalue weighted by Crippen LogP contribution is -2.04. The number of thiophene rings is 2. The van der Waals surface area contributed by atoms with Gasteiger partial charge in [0.25, 0.3) is 0 Å². The van der Waals surface area contributed by atoms with Crippen molar-refractivity contribution in [2.24, 2.45) is 0 Å². The SMILES string of the molecule is CCCCCCCCCCCCc1ccc(-c2ccc3ccc4c5cc(-c6ccc(CCCCCCCCCCCC)s6)ccc5ccc4c3c2)s1.Cc1ccc2ccc3c4cc(C(F)(F)F)ccc4ccc3c2c1. The molecule has 0 saturated carbocycles. The summed E-state index contributed by atoms with van der Waals surface area (Å²) in [6.45, 7) is 6.62. The van der Waals surface area contributed by atoms with Gasteiger partial charge in [0.05, 0.1) is 5.56 Å². The zero-order valence-corrected chi connectivity index (χ0v) is 46.5. The van der Waals surface area contributed by atoms with E-state index in [-0.39, 0.29) is 0 Å². The summed E-state index contributed by atoms with van der Waals surface area (Å²) >= 11 is 3.99. The van der Waals surface area contributed by atoms with Crippen molar-refractivity contribution in [2.75, 3.05) is 0 Å². The molecule has 0 radical (unpaired) electrons. The van der Waals surface area contributed by atoms with Crippen molar-refractivity contribution in [2.45, 2.75) is 168 Å². The lowest BCUT2D eigenvalue weighted by molar-refractivity contribution is -0.137. The molecule has 0 atom stereocenters. The van der Waals surface area contributed by atoms with E-state index in [1.807, 2.05) is 66.0 Å². The van der Waals surface area contributed by atoms with Crippen LogP contribution in [0.2, 0.25) is 0 Å². The van der Waals surface area contributed by atoms with Crippen LogP contribution in [0.15, 0.2) is 146 Å². The number of hydrogen-bond donors (Lipinski definition) is 0. The fourth-order valence-electron chi connectivity index (χ4n) is 11.2. The second-order valence-electron chi connectivity index (χ2n) is 21.4. The highest BCUT2D eigenvalue weighted by molar-refractivity contribution is 7.15. The van der Waals surface area contributed by atoms with Gasteiger partial charge < -0.3 is 0 Å². The van der Waals surface area contributed by atoms with Gasteiger partial charge in [0.2, 0.25) is 0 Å². The lowest BCUT2D eigenvalue weighted by Gasteiger charge is -2.11. The second-order valence-corrected chi connectivity index (χ2v) is 23.7. The lowest BCUT2D eigenvalue weighted by atomic mass is 9.95. The third-order valence-electron chi connectivity index (χ3n) is 15.6. The predicted octanol–water partition coefficient (Wildman–Crippen LogP) is 24.0. The molecule has 5 heteroatoms. The normalized spacial score (nSPS) is 12.0. The molecule has 8 aromatic carbocycles. The van der Waals surface area contributed by atoms with E-state index in [1.165, 1.54) is 216 Å². The summed E-state index contributed by atoms with van der Waals surface area (Å²) in [6, 6.07) is 50.9. The van der Waals surface area contributed by atoms with Crippen LogP contribution in [0.4, 0.5) is 13.2 Å². The van der Waals surface area contributed by atoms with E-state index in [0.717, 1.165) is 38.6 Å². The predicted molar refractivity (Wildman–Crippen MR) is 325 cm³/mol. The second kappa shape index (κ2) is 26.5. The third kappa shape index (κ3) is 14.1. The highest BCUT2D eigenvalue weighted by Crippen LogP contribution is 2.40. The van der Waals surface area contributed by atoms with E-state index in [9.17, 15) is 13.2 Å². The fourth-order valence-corrected chi connectivity index (χ4v) is 13.3. The van der Waals surface area contributed by atoms with Gasteiger partial charge in [-0.25, -0.2) is 0 Å². The van der Waals surface area contributed by atoms with Crippen molar-refractivity contribution in [3.8, 4) is 20.9 Å². The highest BCUT2D eigenvalue weighted by Gasteiger charge is 2.30. The molecule has 0 aliphatic carbocycles. The summed E-state index contributed by atoms with van der Waals surface area (Å²) in [5, 5.41) is 13.5. The fraction of sp³-hybridized carbons (Fsp3) is 0.371. The minimum Gasteiger partial charge on any atom is -0.166 e. The summed E-state index contributed by atoms with van der Waals surface area (Å²) in [5.41, 5.74) is 3.22. The number of unbranched alkanes of at least 4 members (excludes halogenated alkanes) is 18. The number of aryl methyl sites for hydroxylation is 3. The van der Waals surface area contributed by atoms with E-state index in [4.69, 9.17) is 0 Å². The molecule has 75 heavy (non-hydrogen) atoms. The standard InChI is InChI=1S/C50H64S2.C20H13F3/c1-3-5-7-9-11-13-15-17-19-21-23-43-31-35-49(51-43)41-27-25-39-29-34-46-45(47(39)37-41)33-30-40-26-28-42(38-48(40)46)50-36-32-44(52-50)24-22-20-18-16-14-12-10-8-6-4-2;1-12-2-3-13-5-9-17-16(18(13)10-12)8-6-14-4-7-15(11-19(14)17)20(21,22)23/h25-38H,3-24H2,1-2H3;2-11H,1H3. The average molecular weight is 1040 g/mol. The Labute approximate surface area is 453 Å². The molecule has 0 aliphatic heterocycles. The molecule has 0 saturated heterocycles. The van der Waals surface area contributed by atoms with Crippen molar-refractivity contribution in [3.05, 3.63) is 166 Å². The Hall–Kier alpha value is -5.49. The maximum Gasteiger partial charge on any atom is 0.416 e. The van der Waals surface area contributed by atoms with Gasteiger partial charge in [-0.1, -0.05) is 232 Å². The minimum atomic E-state index is -4.33. The number of fused-ring (bicyclic) bond motifs is 10. The molecule has 10 rings (SSSR count). The van der Waals surface area contributed by atoms with Gasteiger partial charge in [0.15, 0.2) is 0 Å². The number of hydrogen-bond acceptors (Lipinski definition) is 2. The van der Waals surface area contributed by atoms with Crippen LogP contribution in [0.5, 0.6) is 0 Å². The number of rotatable bonds is 24. The van der Waals surface area contributed by atoms with Crippen molar-refractivity contribution >= 4 is 87.3 Å². The van der Waals surface area contributed by atoms with Crippen molar-refractivity contribution in [1.29, 1.82) is 0 Å². The average Bonchev–Trinajstić information content (AvgIpc) is 4.12. The van der Waals surface area contributed by atoms with E-state index < -0.39 is 11.7 Å². The van der Waals surface area contributed by atoms with Crippen LogP contribution in [-0.2, 0) is 19.0 Å². The molecule has 0 unspecified atom stereocenters. The number of benzene rings is 8. The molecule has 0 amide bonds. The minimum absolute atomic E-state index is 0.609. The van der Waals surface area contributed by atoms with Crippen LogP contribution in [0.25, 0.3) is 85.5 Å². The molecule has 10 aromatic rings. The quantitative estimate of drug-likeness (QED) is 0.0418. The first-order valence-corrected chi connectivity index (χ1v) is 30.3.